The lowest BCUT2D eigenvalue weighted by Crippen LogP contribution is -2.51. The summed E-state index contributed by atoms with van der Waals surface area (Å²) in [7, 11) is 0. The van der Waals surface area contributed by atoms with E-state index in [2.05, 4.69) is 10.6 Å². The van der Waals surface area contributed by atoms with Gasteiger partial charge in [0, 0.05) is 5.92 Å². The number of carboxylic acid groups (broad SMARTS) is 1. The number of anilines is 1. The molecular formula is C33H29FN2O6. The molecule has 5 rings (SSSR count). The van der Waals surface area contributed by atoms with Gasteiger partial charge in [-0.05, 0) is 46.9 Å². The van der Waals surface area contributed by atoms with Gasteiger partial charge in [0.25, 0.3) is 0 Å². The molecule has 2 unspecified atom stereocenters. The van der Waals surface area contributed by atoms with Crippen molar-refractivity contribution in [1.82, 2.24) is 5.32 Å². The Bertz CT molecular complexity index is 1560. The smallest absolute Gasteiger partial charge is 0.407 e. The van der Waals surface area contributed by atoms with E-state index in [4.69, 9.17) is 9.47 Å². The average molecular weight is 569 g/mol. The molecule has 1 aliphatic carbocycles. The number of amides is 2. The van der Waals surface area contributed by atoms with Gasteiger partial charge in [0.15, 0.2) is 0 Å². The summed E-state index contributed by atoms with van der Waals surface area (Å²) >= 11 is 0. The minimum atomic E-state index is -1.42. The van der Waals surface area contributed by atoms with Crippen LogP contribution in [0.1, 0.15) is 39.9 Å². The summed E-state index contributed by atoms with van der Waals surface area (Å²) < 4.78 is 26.1. The Balaban J connectivity index is 1.32. The summed E-state index contributed by atoms with van der Waals surface area (Å²) in [5.41, 5.74) is 4.10. The molecule has 0 heterocycles. The molecular weight excluding hydrogens is 539 g/mol. The second kappa shape index (κ2) is 12.7. The Morgan fingerprint density at radius 3 is 2.12 bits per heavy atom. The lowest BCUT2D eigenvalue weighted by molar-refractivity contribution is -0.122. The van der Waals surface area contributed by atoms with Crippen LogP contribution in [0, 0.1) is 5.82 Å². The molecule has 0 aliphatic heterocycles. The molecule has 2 amide bonds. The Hall–Kier alpha value is -5.02. The van der Waals surface area contributed by atoms with Gasteiger partial charge in [-0.1, -0.05) is 84.9 Å². The molecule has 0 spiro atoms. The summed E-state index contributed by atoms with van der Waals surface area (Å²) in [6, 6.07) is 27.1. The highest BCUT2D eigenvalue weighted by Crippen LogP contribution is 2.44. The van der Waals surface area contributed by atoms with Crippen LogP contribution < -0.4 is 10.6 Å². The molecule has 0 radical (unpaired) electrons. The first kappa shape index (κ1) is 28.5. The van der Waals surface area contributed by atoms with Crippen molar-refractivity contribution in [2.45, 2.75) is 31.6 Å². The van der Waals surface area contributed by atoms with Crippen molar-refractivity contribution in [3.8, 4) is 11.1 Å². The predicted octanol–water partition coefficient (Wildman–Crippen LogP) is 5.98. The van der Waals surface area contributed by atoms with E-state index in [0.29, 0.717) is 0 Å². The minimum Gasteiger partial charge on any atom is -0.478 e. The topological polar surface area (TPSA) is 114 Å². The first-order valence-corrected chi connectivity index (χ1v) is 13.4. The summed E-state index contributed by atoms with van der Waals surface area (Å²) in [5.74, 6) is -3.41. The maximum Gasteiger partial charge on any atom is 0.407 e. The Morgan fingerprint density at radius 1 is 0.857 bits per heavy atom. The lowest BCUT2D eigenvalue weighted by atomic mass is 9.98. The van der Waals surface area contributed by atoms with Crippen LogP contribution in [0.15, 0.2) is 97.1 Å². The van der Waals surface area contributed by atoms with E-state index in [9.17, 15) is 23.9 Å². The molecule has 4 aromatic carbocycles. The van der Waals surface area contributed by atoms with Crippen LogP contribution in [0.25, 0.3) is 11.1 Å². The number of carboxylic acids is 1. The van der Waals surface area contributed by atoms with Gasteiger partial charge in [-0.2, -0.15) is 0 Å². The fourth-order valence-electron chi connectivity index (χ4n) is 5.09. The zero-order valence-corrected chi connectivity index (χ0v) is 22.8. The van der Waals surface area contributed by atoms with Crippen molar-refractivity contribution >= 4 is 23.7 Å². The third kappa shape index (κ3) is 6.16. The normalized spacial score (nSPS) is 13.4. The molecule has 0 saturated carbocycles. The number of alkyl carbamates (subject to hydrolysis) is 1. The Kier molecular flexibility index (Phi) is 8.59. The lowest BCUT2D eigenvalue weighted by Gasteiger charge is -2.25. The number of rotatable bonds is 10. The third-order valence-corrected chi connectivity index (χ3v) is 7.22. The molecule has 1 aliphatic rings. The van der Waals surface area contributed by atoms with Crippen molar-refractivity contribution in [2.24, 2.45) is 0 Å². The molecule has 0 fully saturated rings. The fourth-order valence-corrected chi connectivity index (χ4v) is 5.09. The molecule has 0 saturated heterocycles. The van der Waals surface area contributed by atoms with Gasteiger partial charge in [0.1, 0.15) is 18.5 Å². The number of fused-ring (bicyclic) bond motifs is 3. The third-order valence-electron chi connectivity index (χ3n) is 7.22. The second-order valence-corrected chi connectivity index (χ2v) is 9.91. The minimum absolute atomic E-state index is 0.0178. The maximum atomic E-state index is 14.6. The molecule has 8 nitrogen and oxygen atoms in total. The van der Waals surface area contributed by atoms with Crippen molar-refractivity contribution in [3.05, 3.63) is 125 Å². The van der Waals surface area contributed by atoms with Gasteiger partial charge in [0.2, 0.25) is 5.91 Å². The van der Waals surface area contributed by atoms with E-state index >= 15 is 0 Å². The monoisotopic (exact) mass is 568 g/mol. The molecule has 0 bridgehead atoms. The molecule has 3 N–H and O–H groups in total. The highest BCUT2D eigenvalue weighted by atomic mass is 19.1. The average Bonchev–Trinajstić information content (AvgIpc) is 3.32. The van der Waals surface area contributed by atoms with Crippen LogP contribution in [0.2, 0.25) is 0 Å². The van der Waals surface area contributed by atoms with E-state index in [0.717, 1.165) is 33.9 Å². The quantitative estimate of drug-likeness (QED) is 0.217. The van der Waals surface area contributed by atoms with E-state index < -0.39 is 47.2 Å². The maximum absolute atomic E-state index is 14.6. The number of hydrogen-bond donors (Lipinski definition) is 3. The van der Waals surface area contributed by atoms with Crippen molar-refractivity contribution in [1.29, 1.82) is 0 Å². The van der Waals surface area contributed by atoms with E-state index in [1.54, 1.807) is 6.92 Å². The number of benzene rings is 4. The van der Waals surface area contributed by atoms with Gasteiger partial charge >= 0.3 is 12.1 Å². The highest BCUT2D eigenvalue weighted by Gasteiger charge is 2.32. The van der Waals surface area contributed by atoms with Crippen LogP contribution in [-0.4, -0.2) is 41.8 Å². The van der Waals surface area contributed by atoms with Gasteiger partial charge in [-0.15, -0.1) is 0 Å². The summed E-state index contributed by atoms with van der Waals surface area (Å²) in [5, 5.41) is 14.4. The Labute approximate surface area is 242 Å². The molecule has 4 aromatic rings. The van der Waals surface area contributed by atoms with Gasteiger partial charge in [-0.3, -0.25) is 4.79 Å². The number of halogens is 1. The number of ether oxygens (including phenoxy) is 2. The number of nitrogens with one attached hydrogen (secondary N) is 2. The number of carbonyl (C=O) groups excluding carboxylic acids is 2. The molecule has 9 heteroatoms. The van der Waals surface area contributed by atoms with Gasteiger partial charge < -0.3 is 25.2 Å². The Morgan fingerprint density at radius 2 is 1.48 bits per heavy atom. The van der Waals surface area contributed by atoms with Crippen LogP contribution >= 0.6 is 0 Å². The number of hydrogen-bond acceptors (Lipinski definition) is 5. The van der Waals surface area contributed by atoms with Gasteiger partial charge in [-0.25, -0.2) is 14.0 Å². The zero-order valence-electron chi connectivity index (χ0n) is 22.8. The second-order valence-electron chi connectivity index (χ2n) is 9.91. The number of aromatic carboxylic acids is 1. The number of para-hydroxylation sites is 1. The molecule has 214 valence electrons. The van der Waals surface area contributed by atoms with Crippen LogP contribution in [0.5, 0.6) is 0 Å². The van der Waals surface area contributed by atoms with E-state index in [-0.39, 0.29) is 19.1 Å². The SMILES string of the molecule is CC(OCc1ccccc1)C(NC(=O)OCC1c2ccccc2-c2ccccc21)C(=O)Nc1c(F)cccc1C(=O)O. The summed E-state index contributed by atoms with van der Waals surface area (Å²) in [4.78, 5) is 38.1. The molecule has 2 atom stereocenters. The van der Waals surface area contributed by atoms with E-state index in [1.165, 1.54) is 12.1 Å². The first-order chi connectivity index (χ1) is 20.3. The zero-order chi connectivity index (χ0) is 29.6. The summed E-state index contributed by atoms with van der Waals surface area (Å²) in [6.07, 6.45) is -1.77. The van der Waals surface area contributed by atoms with E-state index in [1.807, 2.05) is 78.9 Å². The van der Waals surface area contributed by atoms with Crippen LogP contribution in [0.3, 0.4) is 0 Å². The predicted molar refractivity (Wildman–Crippen MR) is 155 cm³/mol. The highest BCUT2D eigenvalue weighted by molar-refractivity contribution is 6.03. The number of carbonyl (C=O) groups is 3. The fraction of sp³-hybridized carbons (Fsp3) is 0.182. The summed E-state index contributed by atoms with van der Waals surface area (Å²) in [6.45, 7) is 1.73. The first-order valence-electron chi connectivity index (χ1n) is 13.4. The van der Waals surface area contributed by atoms with Crippen LogP contribution in [0.4, 0.5) is 14.9 Å². The standard InChI is InChI=1S/C33H29FN2O6/c1-20(41-18-21-10-3-2-4-11-21)29(31(37)35-30-26(32(38)39)16-9-17-28(30)34)36-33(40)42-19-27-24-14-7-5-12-22(24)23-13-6-8-15-25(23)27/h2-17,20,27,29H,18-19H2,1H3,(H,35,37)(H,36,40)(H,38,39). The van der Waals surface area contributed by atoms with Crippen LogP contribution in [-0.2, 0) is 20.9 Å². The van der Waals surface area contributed by atoms with Gasteiger partial charge in [0.05, 0.1) is 24.0 Å². The molecule has 42 heavy (non-hydrogen) atoms. The van der Waals surface area contributed by atoms with Crippen molar-refractivity contribution in [2.75, 3.05) is 11.9 Å². The van der Waals surface area contributed by atoms with Crippen molar-refractivity contribution in [3.63, 3.8) is 0 Å². The van der Waals surface area contributed by atoms with Crippen molar-refractivity contribution < 1.29 is 33.4 Å². The molecule has 0 aromatic heterocycles. The largest absolute Gasteiger partial charge is 0.478 e.